The van der Waals surface area contributed by atoms with Crippen LogP contribution in [0.4, 0.5) is 10.5 Å². The van der Waals surface area contributed by atoms with Gasteiger partial charge in [-0.2, -0.15) is 5.10 Å². The van der Waals surface area contributed by atoms with Gasteiger partial charge in [0.2, 0.25) is 0 Å². The fourth-order valence-corrected chi connectivity index (χ4v) is 3.13. The number of hydrogen-bond acceptors (Lipinski definition) is 6. The molecular weight excluding hydrogens is 424 g/mol. The molecule has 0 aliphatic carbocycles. The molecule has 0 saturated heterocycles. The van der Waals surface area contributed by atoms with Gasteiger partial charge in [0.15, 0.2) is 0 Å². The van der Waals surface area contributed by atoms with Gasteiger partial charge in [-0.05, 0) is 39.0 Å². The van der Waals surface area contributed by atoms with Gasteiger partial charge in [0, 0.05) is 23.3 Å². The number of hydrogen-bond donors (Lipinski definition) is 2. The van der Waals surface area contributed by atoms with E-state index in [1.165, 1.54) is 16.8 Å². The number of nitrogens with zero attached hydrogens (tertiary/aromatic N) is 3. The van der Waals surface area contributed by atoms with Crippen molar-refractivity contribution in [1.82, 2.24) is 14.8 Å². The molecule has 2 aromatic heterocycles. The highest BCUT2D eigenvalue weighted by atomic mass is 16.5. The van der Waals surface area contributed by atoms with Gasteiger partial charge in [-0.25, -0.2) is 19.3 Å². The molecule has 1 aromatic carbocycles. The summed E-state index contributed by atoms with van der Waals surface area (Å²) in [7, 11) is 0. The number of pyridine rings is 1. The third kappa shape index (κ3) is 5.70. The fraction of sp³-hybridized carbons (Fsp3) is 0.208. The van der Waals surface area contributed by atoms with Crippen LogP contribution < -0.4 is 10.9 Å². The number of amides is 1. The molecule has 9 heteroatoms. The van der Waals surface area contributed by atoms with E-state index in [1.807, 2.05) is 44.2 Å². The van der Waals surface area contributed by atoms with E-state index in [0.29, 0.717) is 17.0 Å². The molecule has 2 heterocycles. The van der Waals surface area contributed by atoms with Crippen LogP contribution in [0.2, 0.25) is 0 Å². The van der Waals surface area contributed by atoms with Gasteiger partial charge in [0.25, 0.3) is 5.56 Å². The number of aromatic nitrogens is 3. The van der Waals surface area contributed by atoms with Crippen LogP contribution in [0, 0.1) is 0 Å². The SMILES string of the molecule is CCOC(=O)Nc1cc(-c2ccc(=O)n(C(C)C)n2)c(-c2ccccc2)nc1/C=C/C(=O)O. The average molecular weight is 448 g/mol. The summed E-state index contributed by atoms with van der Waals surface area (Å²) in [6.07, 6.45) is 1.52. The normalized spacial score (nSPS) is 11.0. The van der Waals surface area contributed by atoms with Crippen molar-refractivity contribution in [3.05, 3.63) is 70.7 Å². The first kappa shape index (κ1) is 23.4. The number of carboxylic acids is 1. The summed E-state index contributed by atoms with van der Waals surface area (Å²) in [6, 6.07) is 13.8. The molecule has 2 N–H and O–H groups in total. The first-order valence-corrected chi connectivity index (χ1v) is 10.4. The first-order valence-electron chi connectivity index (χ1n) is 10.4. The summed E-state index contributed by atoms with van der Waals surface area (Å²) in [5.41, 5.74) is 2.51. The first-order chi connectivity index (χ1) is 15.8. The number of carboxylic acid groups (broad SMARTS) is 1. The lowest BCUT2D eigenvalue weighted by Gasteiger charge is -2.16. The molecule has 0 bridgehead atoms. The van der Waals surface area contributed by atoms with Crippen molar-refractivity contribution in [3.63, 3.8) is 0 Å². The molecule has 9 nitrogen and oxygen atoms in total. The zero-order chi connectivity index (χ0) is 24.0. The van der Waals surface area contributed by atoms with Crippen molar-refractivity contribution in [2.24, 2.45) is 0 Å². The number of anilines is 1. The van der Waals surface area contributed by atoms with E-state index in [2.05, 4.69) is 15.4 Å². The Hall–Kier alpha value is -4.27. The summed E-state index contributed by atoms with van der Waals surface area (Å²) >= 11 is 0. The van der Waals surface area contributed by atoms with Crippen molar-refractivity contribution < 1.29 is 19.4 Å². The molecule has 0 unspecified atom stereocenters. The van der Waals surface area contributed by atoms with Crippen LogP contribution in [-0.2, 0) is 9.53 Å². The minimum absolute atomic E-state index is 0.162. The number of rotatable bonds is 7. The van der Waals surface area contributed by atoms with E-state index in [4.69, 9.17) is 9.84 Å². The smallest absolute Gasteiger partial charge is 0.411 e. The number of benzene rings is 1. The summed E-state index contributed by atoms with van der Waals surface area (Å²) in [4.78, 5) is 40.1. The van der Waals surface area contributed by atoms with Crippen LogP contribution in [-0.4, -0.2) is 38.5 Å². The Morgan fingerprint density at radius 2 is 1.91 bits per heavy atom. The van der Waals surface area contributed by atoms with Crippen LogP contribution in [0.25, 0.3) is 28.6 Å². The number of carbonyl (C=O) groups excluding carboxylic acids is 1. The van der Waals surface area contributed by atoms with Crippen molar-refractivity contribution in [3.8, 4) is 22.5 Å². The average Bonchev–Trinajstić information content (AvgIpc) is 2.78. The summed E-state index contributed by atoms with van der Waals surface area (Å²) in [6.45, 7) is 5.53. The van der Waals surface area contributed by atoms with Crippen LogP contribution >= 0.6 is 0 Å². The second-order valence-corrected chi connectivity index (χ2v) is 7.30. The van der Waals surface area contributed by atoms with Crippen LogP contribution in [0.5, 0.6) is 0 Å². The van der Waals surface area contributed by atoms with Crippen LogP contribution in [0.1, 0.15) is 32.5 Å². The van der Waals surface area contributed by atoms with E-state index in [9.17, 15) is 14.4 Å². The van der Waals surface area contributed by atoms with Crippen LogP contribution in [0.3, 0.4) is 0 Å². The lowest BCUT2D eigenvalue weighted by Crippen LogP contribution is -2.24. The predicted octanol–water partition coefficient (Wildman–Crippen LogP) is 4.22. The summed E-state index contributed by atoms with van der Waals surface area (Å²) < 4.78 is 6.34. The van der Waals surface area contributed by atoms with Gasteiger partial charge >= 0.3 is 12.1 Å². The highest BCUT2D eigenvalue weighted by Crippen LogP contribution is 2.33. The van der Waals surface area contributed by atoms with E-state index in [0.717, 1.165) is 11.6 Å². The van der Waals surface area contributed by atoms with Gasteiger partial charge in [0.1, 0.15) is 0 Å². The third-order valence-corrected chi connectivity index (χ3v) is 4.59. The molecule has 0 spiro atoms. The number of ether oxygens (including phenoxy) is 1. The zero-order valence-corrected chi connectivity index (χ0v) is 18.5. The molecule has 1 amide bonds. The Balaban J connectivity index is 2.29. The van der Waals surface area contributed by atoms with E-state index in [-0.39, 0.29) is 29.6 Å². The molecule has 3 rings (SSSR count). The Bertz CT molecular complexity index is 1250. The molecule has 3 aromatic rings. The minimum Gasteiger partial charge on any atom is -0.478 e. The Kier molecular flexibility index (Phi) is 7.34. The maximum Gasteiger partial charge on any atom is 0.411 e. The highest BCUT2D eigenvalue weighted by molar-refractivity contribution is 5.93. The highest BCUT2D eigenvalue weighted by Gasteiger charge is 2.18. The topological polar surface area (TPSA) is 123 Å². The molecule has 0 atom stereocenters. The molecule has 170 valence electrons. The van der Waals surface area contributed by atoms with E-state index in [1.54, 1.807) is 19.1 Å². The van der Waals surface area contributed by atoms with E-state index < -0.39 is 12.1 Å². The molecule has 0 saturated carbocycles. The molecule has 0 aliphatic rings. The Labute approximate surface area is 190 Å². The minimum atomic E-state index is -1.16. The third-order valence-electron chi connectivity index (χ3n) is 4.59. The van der Waals surface area contributed by atoms with Gasteiger partial charge in [-0.15, -0.1) is 0 Å². The van der Waals surface area contributed by atoms with Crippen molar-refractivity contribution in [1.29, 1.82) is 0 Å². The largest absolute Gasteiger partial charge is 0.478 e. The lowest BCUT2D eigenvalue weighted by molar-refractivity contribution is -0.131. The standard InChI is InChI=1S/C24H24N4O5/c1-4-33-24(32)26-20-14-17(18-10-12-21(29)28(27-18)15(2)3)23(16-8-6-5-7-9-16)25-19(20)11-13-22(30)31/h5-15H,4H2,1-3H3,(H,26,32)(H,30,31)/b13-11+. The lowest BCUT2D eigenvalue weighted by atomic mass is 10.0. The molecular formula is C24H24N4O5. The van der Waals surface area contributed by atoms with E-state index >= 15 is 0 Å². The molecule has 0 fully saturated rings. The number of aliphatic carboxylic acids is 1. The van der Waals surface area contributed by atoms with Gasteiger partial charge in [0.05, 0.1) is 35.4 Å². The summed E-state index contributed by atoms with van der Waals surface area (Å²) in [5, 5.41) is 16.2. The summed E-state index contributed by atoms with van der Waals surface area (Å²) in [5.74, 6) is -1.16. The quantitative estimate of drug-likeness (QED) is 0.519. The zero-order valence-electron chi connectivity index (χ0n) is 18.5. The number of nitrogens with one attached hydrogen (secondary N) is 1. The maximum absolute atomic E-state index is 12.2. The number of carbonyl (C=O) groups is 2. The molecule has 0 radical (unpaired) electrons. The molecule has 33 heavy (non-hydrogen) atoms. The van der Waals surface area contributed by atoms with Gasteiger partial charge in [-0.1, -0.05) is 30.3 Å². The van der Waals surface area contributed by atoms with Crippen LogP contribution in [0.15, 0.2) is 59.4 Å². The Morgan fingerprint density at radius 1 is 1.18 bits per heavy atom. The van der Waals surface area contributed by atoms with Crippen molar-refractivity contribution >= 4 is 23.8 Å². The van der Waals surface area contributed by atoms with Crippen molar-refractivity contribution in [2.75, 3.05) is 11.9 Å². The Morgan fingerprint density at radius 3 is 2.55 bits per heavy atom. The second kappa shape index (κ2) is 10.4. The second-order valence-electron chi connectivity index (χ2n) is 7.30. The predicted molar refractivity (Wildman–Crippen MR) is 125 cm³/mol. The maximum atomic E-state index is 12.2. The fourth-order valence-electron chi connectivity index (χ4n) is 3.13. The van der Waals surface area contributed by atoms with Gasteiger partial charge in [-0.3, -0.25) is 10.1 Å². The monoisotopic (exact) mass is 448 g/mol. The van der Waals surface area contributed by atoms with Crippen molar-refractivity contribution in [2.45, 2.75) is 26.8 Å². The molecule has 0 aliphatic heterocycles. The van der Waals surface area contributed by atoms with Gasteiger partial charge < -0.3 is 9.84 Å².